The lowest BCUT2D eigenvalue weighted by atomic mass is 10.1. The third-order valence-electron chi connectivity index (χ3n) is 2.06. The largest absolute Gasteiger partial charge is 0.449 e. The Morgan fingerprint density at radius 3 is 2.57 bits per heavy atom. The molecule has 14 heavy (non-hydrogen) atoms. The van der Waals surface area contributed by atoms with Crippen LogP contribution >= 0.6 is 11.6 Å². The summed E-state index contributed by atoms with van der Waals surface area (Å²) in [4.78, 5) is 3.86. The van der Waals surface area contributed by atoms with Crippen LogP contribution in [0.4, 0.5) is 0 Å². The molecule has 1 aromatic carbocycles. The lowest BCUT2D eigenvalue weighted by molar-refractivity contribution is 0.503. The van der Waals surface area contributed by atoms with Gasteiger partial charge < -0.3 is 4.42 Å². The Balaban J connectivity index is 1.95. The fourth-order valence-corrected chi connectivity index (χ4v) is 1.41. The van der Waals surface area contributed by atoms with Crippen molar-refractivity contribution in [3.05, 3.63) is 53.2 Å². The van der Waals surface area contributed by atoms with Crippen LogP contribution in [0.15, 0.2) is 41.3 Å². The third kappa shape index (κ3) is 2.36. The van der Waals surface area contributed by atoms with Crippen molar-refractivity contribution >= 4 is 11.6 Å². The van der Waals surface area contributed by atoms with Crippen LogP contribution in [0.25, 0.3) is 0 Å². The molecule has 2 rings (SSSR count). The first-order chi connectivity index (χ1) is 6.84. The highest BCUT2D eigenvalue weighted by Gasteiger charge is 1.98. The van der Waals surface area contributed by atoms with E-state index in [1.807, 2.05) is 24.3 Å². The van der Waals surface area contributed by atoms with Gasteiger partial charge in [0.15, 0.2) is 6.39 Å². The molecule has 0 saturated heterocycles. The predicted octanol–water partition coefficient (Wildman–Crippen LogP) is 3.11. The Morgan fingerprint density at radius 1 is 1.14 bits per heavy atom. The standard InChI is InChI=1S/C11H10ClNO/c12-10-4-1-9(2-5-10)3-6-11-7-13-8-14-11/h1-2,4-5,7-8H,3,6H2. The summed E-state index contributed by atoms with van der Waals surface area (Å²) < 4.78 is 5.14. The second-order valence-electron chi connectivity index (χ2n) is 3.09. The molecule has 0 aliphatic heterocycles. The molecule has 0 atom stereocenters. The van der Waals surface area contributed by atoms with Gasteiger partial charge in [0, 0.05) is 11.4 Å². The maximum absolute atomic E-state index is 5.78. The minimum absolute atomic E-state index is 0.772. The van der Waals surface area contributed by atoms with Crippen LogP contribution in [-0.2, 0) is 12.8 Å². The Morgan fingerprint density at radius 2 is 1.93 bits per heavy atom. The van der Waals surface area contributed by atoms with Gasteiger partial charge in [-0.1, -0.05) is 23.7 Å². The summed E-state index contributed by atoms with van der Waals surface area (Å²) >= 11 is 5.78. The van der Waals surface area contributed by atoms with Gasteiger partial charge in [-0.05, 0) is 24.1 Å². The van der Waals surface area contributed by atoms with Gasteiger partial charge in [0.05, 0.1) is 6.20 Å². The molecule has 0 spiro atoms. The van der Waals surface area contributed by atoms with E-state index in [2.05, 4.69) is 4.98 Å². The summed E-state index contributed by atoms with van der Waals surface area (Å²) in [6.45, 7) is 0. The van der Waals surface area contributed by atoms with E-state index in [-0.39, 0.29) is 0 Å². The minimum atomic E-state index is 0.772. The molecule has 0 fully saturated rings. The number of rotatable bonds is 3. The molecule has 0 N–H and O–H groups in total. The zero-order valence-corrected chi connectivity index (χ0v) is 8.37. The Bertz CT molecular complexity index is 380. The van der Waals surface area contributed by atoms with Crippen molar-refractivity contribution < 1.29 is 4.42 Å². The predicted molar refractivity (Wildman–Crippen MR) is 55.4 cm³/mol. The number of halogens is 1. The molecule has 72 valence electrons. The molecule has 1 heterocycles. The number of nitrogens with zero attached hydrogens (tertiary/aromatic N) is 1. The first-order valence-corrected chi connectivity index (χ1v) is 4.84. The number of aromatic nitrogens is 1. The van der Waals surface area contributed by atoms with E-state index in [0.717, 1.165) is 23.6 Å². The smallest absolute Gasteiger partial charge is 0.180 e. The Hall–Kier alpha value is -1.28. The number of aryl methyl sites for hydroxylation is 2. The van der Waals surface area contributed by atoms with Crippen molar-refractivity contribution in [3.63, 3.8) is 0 Å². The van der Waals surface area contributed by atoms with E-state index in [0.29, 0.717) is 0 Å². The van der Waals surface area contributed by atoms with Crippen molar-refractivity contribution in [1.29, 1.82) is 0 Å². The average Bonchev–Trinajstić information content (AvgIpc) is 2.70. The normalized spacial score (nSPS) is 10.4. The van der Waals surface area contributed by atoms with Crippen LogP contribution in [0.3, 0.4) is 0 Å². The van der Waals surface area contributed by atoms with Crippen molar-refractivity contribution in [3.8, 4) is 0 Å². The first-order valence-electron chi connectivity index (χ1n) is 4.46. The van der Waals surface area contributed by atoms with E-state index >= 15 is 0 Å². The number of benzene rings is 1. The summed E-state index contributed by atoms with van der Waals surface area (Å²) in [6.07, 6.45) is 5.03. The van der Waals surface area contributed by atoms with E-state index in [9.17, 15) is 0 Å². The Labute approximate surface area is 87.5 Å². The van der Waals surface area contributed by atoms with Gasteiger partial charge >= 0.3 is 0 Å². The van der Waals surface area contributed by atoms with Crippen LogP contribution < -0.4 is 0 Å². The van der Waals surface area contributed by atoms with Crippen LogP contribution in [0.2, 0.25) is 5.02 Å². The highest BCUT2D eigenvalue weighted by molar-refractivity contribution is 6.30. The quantitative estimate of drug-likeness (QED) is 0.773. The van der Waals surface area contributed by atoms with Crippen molar-refractivity contribution in [1.82, 2.24) is 4.98 Å². The zero-order chi connectivity index (χ0) is 9.80. The Kier molecular flexibility index (Phi) is 2.84. The topological polar surface area (TPSA) is 26.0 Å². The third-order valence-corrected chi connectivity index (χ3v) is 2.31. The number of oxazole rings is 1. The fourth-order valence-electron chi connectivity index (χ4n) is 1.28. The summed E-state index contributed by atoms with van der Waals surface area (Å²) in [5.74, 6) is 0.917. The molecule has 0 saturated carbocycles. The average molecular weight is 208 g/mol. The maximum Gasteiger partial charge on any atom is 0.180 e. The summed E-state index contributed by atoms with van der Waals surface area (Å²) in [5.41, 5.74) is 1.26. The molecular formula is C11H10ClNO. The lowest BCUT2D eigenvalue weighted by Gasteiger charge is -1.98. The van der Waals surface area contributed by atoms with Gasteiger partial charge in [-0.3, -0.25) is 0 Å². The molecule has 2 nitrogen and oxygen atoms in total. The second-order valence-corrected chi connectivity index (χ2v) is 3.53. The molecule has 0 aliphatic carbocycles. The molecule has 0 radical (unpaired) electrons. The van der Waals surface area contributed by atoms with Crippen molar-refractivity contribution in [2.24, 2.45) is 0 Å². The second kappa shape index (κ2) is 4.29. The van der Waals surface area contributed by atoms with Crippen molar-refractivity contribution in [2.45, 2.75) is 12.8 Å². The van der Waals surface area contributed by atoms with Gasteiger partial charge in [-0.15, -0.1) is 0 Å². The molecule has 2 aromatic rings. The molecule has 0 amide bonds. The fraction of sp³-hybridized carbons (Fsp3) is 0.182. The van der Waals surface area contributed by atoms with Gasteiger partial charge in [-0.25, -0.2) is 4.98 Å². The highest BCUT2D eigenvalue weighted by Crippen LogP contribution is 2.11. The van der Waals surface area contributed by atoms with Crippen LogP contribution in [0.1, 0.15) is 11.3 Å². The van der Waals surface area contributed by atoms with E-state index in [4.69, 9.17) is 16.0 Å². The molecule has 0 unspecified atom stereocenters. The van der Waals surface area contributed by atoms with Gasteiger partial charge in [-0.2, -0.15) is 0 Å². The summed E-state index contributed by atoms with van der Waals surface area (Å²) in [5, 5.41) is 0.772. The van der Waals surface area contributed by atoms with Crippen LogP contribution in [-0.4, -0.2) is 4.98 Å². The SMILES string of the molecule is Clc1ccc(CCc2cnco2)cc1. The van der Waals surface area contributed by atoms with E-state index in [1.54, 1.807) is 6.20 Å². The van der Waals surface area contributed by atoms with Gasteiger partial charge in [0.2, 0.25) is 0 Å². The minimum Gasteiger partial charge on any atom is -0.449 e. The zero-order valence-electron chi connectivity index (χ0n) is 7.61. The molecule has 0 bridgehead atoms. The number of hydrogen-bond donors (Lipinski definition) is 0. The van der Waals surface area contributed by atoms with Gasteiger partial charge in [0.1, 0.15) is 5.76 Å². The highest BCUT2D eigenvalue weighted by atomic mass is 35.5. The molecule has 3 heteroatoms. The summed E-state index contributed by atoms with van der Waals surface area (Å²) in [6, 6.07) is 7.85. The van der Waals surface area contributed by atoms with Crippen LogP contribution in [0, 0.1) is 0 Å². The number of hydrogen-bond acceptors (Lipinski definition) is 2. The first kappa shape index (κ1) is 9.28. The van der Waals surface area contributed by atoms with Crippen molar-refractivity contribution in [2.75, 3.05) is 0 Å². The lowest BCUT2D eigenvalue weighted by Crippen LogP contribution is -1.88. The van der Waals surface area contributed by atoms with Gasteiger partial charge in [0.25, 0.3) is 0 Å². The van der Waals surface area contributed by atoms with Crippen LogP contribution in [0.5, 0.6) is 0 Å². The summed E-state index contributed by atoms with van der Waals surface area (Å²) in [7, 11) is 0. The maximum atomic E-state index is 5.78. The molecule has 0 aliphatic rings. The van der Waals surface area contributed by atoms with E-state index in [1.165, 1.54) is 12.0 Å². The molecule has 1 aromatic heterocycles. The monoisotopic (exact) mass is 207 g/mol. The molecular weight excluding hydrogens is 198 g/mol. The van der Waals surface area contributed by atoms with E-state index < -0.39 is 0 Å².